The number of halogens is 3. The normalized spacial score (nSPS) is 13.0. The Morgan fingerprint density at radius 3 is 2.38 bits per heavy atom. The highest BCUT2D eigenvalue weighted by atomic mass is 19.4. The quantitative estimate of drug-likeness (QED) is 0.898. The zero-order chi connectivity index (χ0) is 15.3. The molecule has 2 rings (SSSR count). The fraction of sp³-hybridized carbons (Fsp3) is 0.250. The summed E-state index contributed by atoms with van der Waals surface area (Å²) in [5.74, 6) is 0.685. The highest BCUT2D eigenvalue weighted by Crippen LogP contribution is 2.30. The fourth-order valence-electron chi connectivity index (χ4n) is 1.97. The lowest BCUT2D eigenvalue weighted by Crippen LogP contribution is -2.23. The first-order valence-corrected chi connectivity index (χ1v) is 6.53. The van der Waals surface area contributed by atoms with Crippen LogP contribution in [0.3, 0.4) is 0 Å². The largest absolute Gasteiger partial charge is 0.492 e. The van der Waals surface area contributed by atoms with Crippen molar-refractivity contribution in [3.63, 3.8) is 0 Å². The smallest absolute Gasteiger partial charge is 0.416 e. The maximum absolute atomic E-state index is 12.7. The SMILES string of the molecule is CNC(COc1ccccc1)c1cccc(C(F)(F)F)c1. The van der Waals surface area contributed by atoms with E-state index < -0.39 is 11.7 Å². The van der Waals surface area contributed by atoms with Crippen LogP contribution < -0.4 is 10.1 Å². The molecular weight excluding hydrogens is 279 g/mol. The lowest BCUT2D eigenvalue weighted by Gasteiger charge is -2.19. The van der Waals surface area contributed by atoms with E-state index in [1.165, 1.54) is 6.07 Å². The molecule has 0 heterocycles. The van der Waals surface area contributed by atoms with Crippen LogP contribution in [0.15, 0.2) is 54.6 Å². The molecular formula is C16H16F3NO. The summed E-state index contributed by atoms with van der Waals surface area (Å²) < 4.78 is 43.8. The second-order valence-electron chi connectivity index (χ2n) is 4.59. The molecule has 0 spiro atoms. The monoisotopic (exact) mass is 295 g/mol. The molecule has 0 amide bonds. The lowest BCUT2D eigenvalue weighted by molar-refractivity contribution is -0.137. The first-order valence-electron chi connectivity index (χ1n) is 6.53. The van der Waals surface area contributed by atoms with Gasteiger partial charge < -0.3 is 10.1 Å². The van der Waals surface area contributed by atoms with Gasteiger partial charge in [0.25, 0.3) is 0 Å². The van der Waals surface area contributed by atoms with Crippen LogP contribution in [0.25, 0.3) is 0 Å². The Kier molecular flexibility index (Phi) is 4.85. The summed E-state index contributed by atoms with van der Waals surface area (Å²) >= 11 is 0. The molecule has 0 saturated carbocycles. The van der Waals surface area contributed by atoms with Gasteiger partial charge in [-0.1, -0.05) is 30.3 Å². The maximum atomic E-state index is 12.7. The van der Waals surface area contributed by atoms with Crippen molar-refractivity contribution in [1.29, 1.82) is 0 Å². The van der Waals surface area contributed by atoms with Gasteiger partial charge in [-0.05, 0) is 36.9 Å². The van der Waals surface area contributed by atoms with E-state index in [0.717, 1.165) is 12.1 Å². The summed E-state index contributed by atoms with van der Waals surface area (Å²) in [5.41, 5.74) is -0.108. The maximum Gasteiger partial charge on any atom is 0.416 e. The van der Waals surface area contributed by atoms with E-state index in [1.54, 1.807) is 25.2 Å². The van der Waals surface area contributed by atoms with Gasteiger partial charge in [-0.3, -0.25) is 0 Å². The van der Waals surface area contributed by atoms with Gasteiger partial charge in [0.2, 0.25) is 0 Å². The van der Waals surface area contributed by atoms with Crippen LogP contribution in [0.5, 0.6) is 5.75 Å². The minimum Gasteiger partial charge on any atom is -0.492 e. The molecule has 112 valence electrons. The second kappa shape index (κ2) is 6.63. The minimum atomic E-state index is -4.34. The molecule has 0 bridgehead atoms. The highest BCUT2D eigenvalue weighted by molar-refractivity contribution is 5.28. The minimum absolute atomic E-state index is 0.252. The van der Waals surface area contributed by atoms with Gasteiger partial charge in [-0.2, -0.15) is 13.2 Å². The van der Waals surface area contributed by atoms with Crippen LogP contribution in [0.4, 0.5) is 13.2 Å². The zero-order valence-corrected chi connectivity index (χ0v) is 11.5. The van der Waals surface area contributed by atoms with Gasteiger partial charge in [-0.15, -0.1) is 0 Å². The van der Waals surface area contributed by atoms with Gasteiger partial charge in [0, 0.05) is 0 Å². The van der Waals surface area contributed by atoms with Crippen molar-refractivity contribution in [2.24, 2.45) is 0 Å². The van der Waals surface area contributed by atoms with Crippen molar-refractivity contribution in [3.05, 3.63) is 65.7 Å². The van der Waals surface area contributed by atoms with Crippen LogP contribution in [0, 0.1) is 0 Å². The molecule has 2 aromatic rings. The summed E-state index contributed by atoms with van der Waals surface area (Å²) in [6, 6.07) is 14.1. The molecule has 2 nitrogen and oxygen atoms in total. The van der Waals surface area contributed by atoms with Crippen molar-refractivity contribution in [3.8, 4) is 5.75 Å². The summed E-state index contributed by atoms with van der Waals surface area (Å²) in [4.78, 5) is 0. The van der Waals surface area contributed by atoms with Crippen LogP contribution in [0.2, 0.25) is 0 Å². The van der Waals surface area contributed by atoms with Gasteiger partial charge in [0.1, 0.15) is 12.4 Å². The molecule has 0 aliphatic heterocycles. The summed E-state index contributed by atoms with van der Waals surface area (Å²) in [5, 5.41) is 2.97. The van der Waals surface area contributed by atoms with Crippen molar-refractivity contribution >= 4 is 0 Å². The molecule has 2 aromatic carbocycles. The average molecular weight is 295 g/mol. The molecule has 1 unspecified atom stereocenters. The standard InChI is InChI=1S/C16H16F3NO/c1-20-15(11-21-14-8-3-2-4-9-14)12-6-5-7-13(10-12)16(17,18)19/h2-10,15,20H,11H2,1H3. The van der Waals surface area contributed by atoms with Crippen molar-refractivity contribution in [1.82, 2.24) is 5.32 Å². The van der Waals surface area contributed by atoms with Crippen molar-refractivity contribution < 1.29 is 17.9 Å². The van der Waals surface area contributed by atoms with Gasteiger partial charge in [0.15, 0.2) is 0 Å². The van der Waals surface area contributed by atoms with Crippen LogP contribution in [-0.2, 0) is 6.18 Å². The third-order valence-electron chi connectivity index (χ3n) is 3.12. The van der Waals surface area contributed by atoms with E-state index in [9.17, 15) is 13.2 Å². The van der Waals surface area contributed by atoms with E-state index in [1.807, 2.05) is 18.2 Å². The van der Waals surface area contributed by atoms with Crippen LogP contribution in [-0.4, -0.2) is 13.7 Å². The number of hydrogen-bond acceptors (Lipinski definition) is 2. The highest BCUT2D eigenvalue weighted by Gasteiger charge is 2.30. The molecule has 5 heteroatoms. The Balaban J connectivity index is 2.10. The molecule has 21 heavy (non-hydrogen) atoms. The Bertz CT molecular complexity index is 569. The first kappa shape index (κ1) is 15.4. The molecule has 1 N–H and O–H groups in total. The van der Waals surface area contributed by atoms with E-state index in [0.29, 0.717) is 11.3 Å². The third kappa shape index (κ3) is 4.23. The Morgan fingerprint density at radius 1 is 1.05 bits per heavy atom. The van der Waals surface area contributed by atoms with Crippen molar-refractivity contribution in [2.75, 3.05) is 13.7 Å². The number of ether oxygens (including phenoxy) is 1. The number of alkyl halides is 3. The Morgan fingerprint density at radius 2 is 1.76 bits per heavy atom. The Labute approximate surface area is 121 Å². The second-order valence-corrected chi connectivity index (χ2v) is 4.59. The molecule has 1 atom stereocenters. The molecule has 0 radical (unpaired) electrons. The summed E-state index contributed by atoms with van der Waals surface area (Å²) in [6.45, 7) is 0.252. The van der Waals surface area contributed by atoms with Crippen LogP contribution >= 0.6 is 0 Å². The van der Waals surface area contributed by atoms with Gasteiger partial charge >= 0.3 is 6.18 Å². The molecule has 0 aliphatic carbocycles. The average Bonchev–Trinajstić information content (AvgIpc) is 2.48. The predicted octanol–water partition coefficient (Wildman–Crippen LogP) is 4.04. The number of likely N-dealkylation sites (N-methyl/N-ethyl adjacent to an activating group) is 1. The van der Waals surface area contributed by atoms with E-state index in [-0.39, 0.29) is 12.6 Å². The van der Waals surface area contributed by atoms with Gasteiger partial charge in [-0.25, -0.2) is 0 Å². The lowest BCUT2D eigenvalue weighted by atomic mass is 10.0. The number of rotatable bonds is 5. The van der Waals surface area contributed by atoms with Crippen molar-refractivity contribution in [2.45, 2.75) is 12.2 Å². The van der Waals surface area contributed by atoms with E-state index in [2.05, 4.69) is 5.32 Å². The zero-order valence-electron chi connectivity index (χ0n) is 11.5. The van der Waals surface area contributed by atoms with Crippen LogP contribution in [0.1, 0.15) is 17.2 Å². The number of para-hydroxylation sites is 1. The number of nitrogens with one attached hydrogen (secondary N) is 1. The molecule has 0 saturated heterocycles. The fourth-order valence-corrected chi connectivity index (χ4v) is 1.97. The molecule has 0 fully saturated rings. The summed E-state index contributed by atoms with van der Waals surface area (Å²) in [7, 11) is 1.69. The molecule has 0 aromatic heterocycles. The molecule has 0 aliphatic rings. The van der Waals surface area contributed by atoms with E-state index >= 15 is 0 Å². The van der Waals surface area contributed by atoms with Gasteiger partial charge in [0.05, 0.1) is 11.6 Å². The number of benzene rings is 2. The Hall–Kier alpha value is -2.01. The third-order valence-corrected chi connectivity index (χ3v) is 3.12. The van der Waals surface area contributed by atoms with E-state index in [4.69, 9.17) is 4.74 Å². The topological polar surface area (TPSA) is 21.3 Å². The predicted molar refractivity (Wildman–Crippen MR) is 75.2 cm³/mol. The summed E-state index contributed by atoms with van der Waals surface area (Å²) in [6.07, 6.45) is -4.34. The first-order chi connectivity index (χ1) is 10.0. The number of hydrogen-bond donors (Lipinski definition) is 1.